The molecular formula is C10H11N3O2. The van der Waals surface area contributed by atoms with E-state index in [9.17, 15) is 0 Å². The number of nitrogens with zero attached hydrogens (tertiary/aromatic N) is 3. The molecule has 1 aromatic carbocycles. The monoisotopic (exact) mass is 205 g/mol. The summed E-state index contributed by atoms with van der Waals surface area (Å²) in [6.07, 6.45) is 1.46. The fourth-order valence-corrected chi connectivity index (χ4v) is 1.17. The molecule has 0 saturated carbocycles. The van der Waals surface area contributed by atoms with Crippen molar-refractivity contribution >= 4 is 0 Å². The second kappa shape index (κ2) is 4.56. The molecule has 78 valence electrons. The molecule has 0 aliphatic rings. The molecule has 1 aromatic heterocycles. The van der Waals surface area contributed by atoms with Crippen LogP contribution in [0.5, 0.6) is 0 Å². The predicted molar refractivity (Wildman–Crippen MR) is 52.7 cm³/mol. The van der Waals surface area contributed by atoms with Gasteiger partial charge in [0.2, 0.25) is 0 Å². The summed E-state index contributed by atoms with van der Waals surface area (Å²) in [4.78, 5) is 6.57. The Labute approximate surface area is 86.9 Å². The van der Waals surface area contributed by atoms with Crippen LogP contribution in [-0.2, 0) is 13.2 Å². The van der Waals surface area contributed by atoms with Crippen LogP contribution in [0.1, 0.15) is 11.3 Å². The van der Waals surface area contributed by atoms with Gasteiger partial charge >= 0.3 is 0 Å². The van der Waals surface area contributed by atoms with Crippen LogP contribution >= 0.6 is 0 Å². The van der Waals surface area contributed by atoms with Crippen molar-refractivity contribution in [1.82, 2.24) is 15.2 Å². The Hall–Kier alpha value is -1.88. The predicted octanol–water partition coefficient (Wildman–Crippen LogP) is 0.399. The van der Waals surface area contributed by atoms with Gasteiger partial charge in [0.15, 0.2) is 0 Å². The number of aromatic nitrogens is 3. The summed E-state index contributed by atoms with van der Waals surface area (Å²) in [5.41, 5.74) is 1.57. The van der Waals surface area contributed by atoms with Crippen molar-refractivity contribution in [1.29, 1.82) is 0 Å². The maximum atomic E-state index is 8.92. The van der Waals surface area contributed by atoms with E-state index in [1.807, 2.05) is 30.3 Å². The topological polar surface area (TPSA) is 60.2 Å². The maximum Gasteiger partial charge on any atom is 0.142 e. The van der Waals surface area contributed by atoms with Crippen molar-refractivity contribution in [3.8, 4) is 0 Å². The Morgan fingerprint density at radius 3 is 2.80 bits per heavy atom. The highest BCUT2D eigenvalue weighted by atomic mass is 16.7. The van der Waals surface area contributed by atoms with E-state index < -0.39 is 0 Å². The van der Waals surface area contributed by atoms with E-state index in [0.29, 0.717) is 12.3 Å². The van der Waals surface area contributed by atoms with E-state index >= 15 is 0 Å². The SMILES string of the molecule is OCc1cnnn1OCc1ccccc1. The number of aliphatic hydroxyl groups excluding tert-OH is 1. The van der Waals surface area contributed by atoms with Crippen molar-refractivity contribution in [2.45, 2.75) is 13.2 Å². The highest BCUT2D eigenvalue weighted by molar-refractivity contribution is 5.13. The van der Waals surface area contributed by atoms with Gasteiger partial charge in [-0.1, -0.05) is 35.2 Å². The lowest BCUT2D eigenvalue weighted by Crippen LogP contribution is -2.15. The first-order valence-electron chi connectivity index (χ1n) is 4.58. The van der Waals surface area contributed by atoms with Crippen LogP contribution in [-0.4, -0.2) is 20.3 Å². The molecule has 0 bridgehead atoms. The maximum absolute atomic E-state index is 8.92. The molecule has 0 fully saturated rings. The van der Waals surface area contributed by atoms with Crippen LogP contribution in [0.2, 0.25) is 0 Å². The lowest BCUT2D eigenvalue weighted by atomic mass is 10.2. The van der Waals surface area contributed by atoms with Crippen molar-refractivity contribution in [2.75, 3.05) is 0 Å². The molecule has 1 N–H and O–H groups in total. The van der Waals surface area contributed by atoms with Gasteiger partial charge in [0, 0.05) is 0 Å². The normalized spacial score (nSPS) is 10.2. The smallest absolute Gasteiger partial charge is 0.142 e. The minimum atomic E-state index is -0.137. The second-order valence-electron chi connectivity index (χ2n) is 3.02. The quantitative estimate of drug-likeness (QED) is 0.784. The van der Waals surface area contributed by atoms with Crippen molar-refractivity contribution in [3.05, 3.63) is 47.8 Å². The average Bonchev–Trinajstić information content (AvgIpc) is 2.75. The first-order valence-corrected chi connectivity index (χ1v) is 4.58. The molecule has 1 heterocycles. The third kappa shape index (κ3) is 2.32. The highest BCUT2D eigenvalue weighted by Gasteiger charge is 2.02. The Morgan fingerprint density at radius 2 is 2.07 bits per heavy atom. The highest BCUT2D eigenvalue weighted by Crippen LogP contribution is 2.00. The number of aliphatic hydroxyl groups is 1. The Morgan fingerprint density at radius 1 is 1.27 bits per heavy atom. The summed E-state index contributed by atoms with van der Waals surface area (Å²) in [7, 11) is 0. The van der Waals surface area contributed by atoms with Gasteiger partial charge in [-0.05, 0) is 10.8 Å². The van der Waals surface area contributed by atoms with Crippen molar-refractivity contribution < 1.29 is 9.94 Å². The number of hydrogen-bond acceptors (Lipinski definition) is 4. The van der Waals surface area contributed by atoms with E-state index in [-0.39, 0.29) is 6.61 Å². The summed E-state index contributed by atoms with van der Waals surface area (Å²) in [6, 6.07) is 9.73. The van der Waals surface area contributed by atoms with Gasteiger partial charge in [-0.25, -0.2) is 0 Å². The lowest BCUT2D eigenvalue weighted by molar-refractivity contribution is 0.0522. The van der Waals surface area contributed by atoms with Gasteiger partial charge < -0.3 is 9.94 Å². The number of benzene rings is 1. The van der Waals surface area contributed by atoms with Crippen LogP contribution in [0.15, 0.2) is 36.5 Å². The fraction of sp³-hybridized carbons (Fsp3) is 0.200. The van der Waals surface area contributed by atoms with Crippen molar-refractivity contribution in [2.24, 2.45) is 0 Å². The largest absolute Gasteiger partial charge is 0.390 e. The van der Waals surface area contributed by atoms with Gasteiger partial charge in [-0.3, -0.25) is 0 Å². The Bertz CT molecular complexity index is 414. The lowest BCUT2D eigenvalue weighted by Gasteiger charge is -2.06. The zero-order chi connectivity index (χ0) is 10.5. The molecule has 2 aromatic rings. The molecule has 0 saturated heterocycles. The molecule has 0 spiro atoms. The second-order valence-corrected chi connectivity index (χ2v) is 3.02. The van der Waals surface area contributed by atoms with E-state index in [1.54, 1.807) is 0 Å². The van der Waals surface area contributed by atoms with Crippen LogP contribution in [0.25, 0.3) is 0 Å². The number of rotatable bonds is 4. The van der Waals surface area contributed by atoms with E-state index in [1.165, 1.54) is 11.0 Å². The minimum Gasteiger partial charge on any atom is -0.390 e. The van der Waals surface area contributed by atoms with Crippen molar-refractivity contribution in [3.63, 3.8) is 0 Å². The Kier molecular flexibility index (Phi) is 2.94. The molecule has 0 aliphatic carbocycles. The third-order valence-corrected chi connectivity index (χ3v) is 1.94. The first kappa shape index (κ1) is 9.67. The zero-order valence-corrected chi connectivity index (χ0v) is 8.08. The van der Waals surface area contributed by atoms with Crippen LogP contribution < -0.4 is 4.84 Å². The van der Waals surface area contributed by atoms with E-state index in [4.69, 9.17) is 9.94 Å². The molecule has 0 radical (unpaired) electrons. The van der Waals surface area contributed by atoms with Crippen LogP contribution in [0, 0.1) is 0 Å². The van der Waals surface area contributed by atoms with Gasteiger partial charge in [-0.2, -0.15) is 0 Å². The molecule has 0 atom stereocenters. The molecule has 0 unspecified atom stereocenters. The summed E-state index contributed by atoms with van der Waals surface area (Å²) < 4.78 is 0. The summed E-state index contributed by atoms with van der Waals surface area (Å²) in [5.74, 6) is 0. The molecule has 2 rings (SSSR count). The van der Waals surface area contributed by atoms with E-state index in [0.717, 1.165) is 5.56 Å². The standard InChI is InChI=1S/C10H11N3O2/c14-7-10-6-11-12-13(10)15-8-9-4-2-1-3-5-9/h1-6,14H,7-8H2. The summed E-state index contributed by atoms with van der Waals surface area (Å²) in [5, 5.41) is 16.2. The summed E-state index contributed by atoms with van der Waals surface area (Å²) in [6.45, 7) is 0.263. The molecule has 0 amide bonds. The molecule has 5 nitrogen and oxygen atoms in total. The molecule has 5 heteroatoms. The minimum absolute atomic E-state index is 0.137. The average molecular weight is 205 g/mol. The van der Waals surface area contributed by atoms with Crippen LogP contribution in [0.4, 0.5) is 0 Å². The van der Waals surface area contributed by atoms with Crippen LogP contribution in [0.3, 0.4) is 0 Å². The fourth-order valence-electron chi connectivity index (χ4n) is 1.17. The molecular weight excluding hydrogens is 194 g/mol. The van der Waals surface area contributed by atoms with Gasteiger partial charge in [0.05, 0.1) is 12.8 Å². The van der Waals surface area contributed by atoms with E-state index in [2.05, 4.69) is 10.3 Å². The first-order chi connectivity index (χ1) is 7.40. The zero-order valence-electron chi connectivity index (χ0n) is 8.08. The molecule has 0 aliphatic heterocycles. The van der Waals surface area contributed by atoms with Gasteiger partial charge in [-0.15, -0.1) is 5.10 Å². The van der Waals surface area contributed by atoms with Gasteiger partial charge in [0.1, 0.15) is 12.3 Å². The third-order valence-electron chi connectivity index (χ3n) is 1.94. The number of hydrogen-bond donors (Lipinski definition) is 1. The Balaban J connectivity index is 1.99. The molecule has 15 heavy (non-hydrogen) atoms. The van der Waals surface area contributed by atoms with Gasteiger partial charge in [0.25, 0.3) is 0 Å². The summed E-state index contributed by atoms with van der Waals surface area (Å²) >= 11 is 0.